The Morgan fingerprint density at radius 2 is 2.22 bits per heavy atom. The predicted octanol–water partition coefficient (Wildman–Crippen LogP) is 2.91. The zero-order chi connectivity index (χ0) is 17.0. The molecule has 6 nitrogen and oxygen atoms in total. The molecule has 1 aromatic heterocycles. The summed E-state index contributed by atoms with van der Waals surface area (Å²) in [6.45, 7) is 11.4. The number of aromatic nitrogens is 2. The Morgan fingerprint density at radius 3 is 2.87 bits per heavy atom. The number of rotatable bonds is 3. The molecule has 128 valence electrons. The number of carbonyl (C=O) groups is 1. The van der Waals surface area contributed by atoms with E-state index in [0.29, 0.717) is 5.92 Å². The van der Waals surface area contributed by atoms with Gasteiger partial charge in [-0.05, 0) is 59.4 Å². The summed E-state index contributed by atoms with van der Waals surface area (Å²) < 4.78 is 5.34. The SMILES string of the molecule is Cc1ccnc(N2CCC[C@@H]([C@@H](C)NC(=O)OC(C)(C)C)C2)n1. The third-order valence-electron chi connectivity index (χ3n) is 3.97. The molecule has 1 N–H and O–H groups in total. The first-order chi connectivity index (χ1) is 10.7. The Labute approximate surface area is 138 Å². The lowest BCUT2D eigenvalue weighted by atomic mass is 9.92. The van der Waals surface area contributed by atoms with Crippen LogP contribution in [0.2, 0.25) is 0 Å². The molecular weight excluding hydrogens is 292 g/mol. The van der Waals surface area contributed by atoms with Crippen molar-refractivity contribution < 1.29 is 9.53 Å². The molecule has 1 aromatic rings. The molecule has 0 aliphatic carbocycles. The van der Waals surface area contributed by atoms with E-state index in [4.69, 9.17) is 4.74 Å². The summed E-state index contributed by atoms with van der Waals surface area (Å²) in [6, 6.07) is 1.95. The van der Waals surface area contributed by atoms with Crippen molar-refractivity contribution in [3.8, 4) is 0 Å². The summed E-state index contributed by atoms with van der Waals surface area (Å²) >= 11 is 0. The van der Waals surface area contributed by atoms with Gasteiger partial charge in [0.05, 0.1) is 0 Å². The molecule has 0 spiro atoms. The van der Waals surface area contributed by atoms with Crippen LogP contribution >= 0.6 is 0 Å². The average Bonchev–Trinajstić information content (AvgIpc) is 2.45. The first-order valence-electron chi connectivity index (χ1n) is 8.29. The molecule has 0 aromatic carbocycles. The number of nitrogens with one attached hydrogen (secondary N) is 1. The molecule has 1 amide bonds. The van der Waals surface area contributed by atoms with Crippen LogP contribution in [0.15, 0.2) is 12.3 Å². The minimum absolute atomic E-state index is 0.0532. The van der Waals surface area contributed by atoms with Gasteiger partial charge < -0.3 is 15.0 Å². The number of hydrogen-bond donors (Lipinski definition) is 1. The van der Waals surface area contributed by atoms with Crippen molar-refractivity contribution in [1.82, 2.24) is 15.3 Å². The van der Waals surface area contributed by atoms with E-state index >= 15 is 0 Å². The highest BCUT2D eigenvalue weighted by atomic mass is 16.6. The molecule has 0 unspecified atom stereocenters. The summed E-state index contributed by atoms with van der Waals surface area (Å²) in [6.07, 6.45) is 3.60. The van der Waals surface area contributed by atoms with Crippen LogP contribution in [0.4, 0.5) is 10.7 Å². The highest BCUT2D eigenvalue weighted by Crippen LogP contribution is 2.23. The second kappa shape index (κ2) is 7.15. The van der Waals surface area contributed by atoms with E-state index in [9.17, 15) is 4.79 Å². The first kappa shape index (κ1) is 17.5. The number of anilines is 1. The van der Waals surface area contributed by atoms with Crippen LogP contribution in [0, 0.1) is 12.8 Å². The van der Waals surface area contributed by atoms with Gasteiger partial charge >= 0.3 is 6.09 Å². The Hall–Kier alpha value is -1.85. The van der Waals surface area contributed by atoms with Crippen LogP contribution in [-0.2, 0) is 4.74 Å². The second-order valence-corrected chi connectivity index (χ2v) is 7.28. The quantitative estimate of drug-likeness (QED) is 0.927. The van der Waals surface area contributed by atoms with E-state index in [1.54, 1.807) is 6.20 Å². The first-order valence-corrected chi connectivity index (χ1v) is 8.29. The number of amides is 1. The van der Waals surface area contributed by atoms with Crippen molar-refractivity contribution in [1.29, 1.82) is 0 Å². The maximum atomic E-state index is 11.9. The fraction of sp³-hybridized carbons (Fsp3) is 0.706. The summed E-state index contributed by atoms with van der Waals surface area (Å²) in [4.78, 5) is 23.0. The minimum atomic E-state index is -0.474. The second-order valence-electron chi connectivity index (χ2n) is 7.28. The zero-order valence-corrected chi connectivity index (χ0v) is 14.8. The zero-order valence-electron chi connectivity index (χ0n) is 14.8. The minimum Gasteiger partial charge on any atom is -0.444 e. The van der Waals surface area contributed by atoms with E-state index in [2.05, 4.69) is 20.2 Å². The van der Waals surface area contributed by atoms with Crippen molar-refractivity contribution in [2.24, 2.45) is 5.92 Å². The van der Waals surface area contributed by atoms with Crippen molar-refractivity contribution in [3.05, 3.63) is 18.0 Å². The summed E-state index contributed by atoms with van der Waals surface area (Å²) in [5.74, 6) is 1.14. The van der Waals surface area contributed by atoms with Crippen molar-refractivity contribution >= 4 is 12.0 Å². The fourth-order valence-electron chi connectivity index (χ4n) is 2.80. The third-order valence-corrected chi connectivity index (χ3v) is 3.97. The molecule has 0 bridgehead atoms. The molecule has 1 saturated heterocycles. The molecule has 2 rings (SSSR count). The summed E-state index contributed by atoms with van der Waals surface area (Å²) in [5.41, 5.74) is 0.495. The monoisotopic (exact) mass is 320 g/mol. The lowest BCUT2D eigenvalue weighted by Gasteiger charge is -2.36. The van der Waals surface area contributed by atoms with E-state index in [-0.39, 0.29) is 12.1 Å². The van der Waals surface area contributed by atoms with Crippen LogP contribution in [0.5, 0.6) is 0 Å². The van der Waals surface area contributed by atoms with Gasteiger partial charge in [-0.15, -0.1) is 0 Å². The molecule has 23 heavy (non-hydrogen) atoms. The molecule has 6 heteroatoms. The van der Waals surface area contributed by atoms with Gasteiger partial charge in [0, 0.05) is 31.0 Å². The van der Waals surface area contributed by atoms with Gasteiger partial charge in [-0.3, -0.25) is 0 Å². The van der Waals surface area contributed by atoms with Gasteiger partial charge in [0.25, 0.3) is 0 Å². The van der Waals surface area contributed by atoms with Crippen molar-refractivity contribution in [3.63, 3.8) is 0 Å². The molecule has 1 fully saturated rings. The van der Waals surface area contributed by atoms with E-state index in [1.165, 1.54) is 0 Å². The van der Waals surface area contributed by atoms with Gasteiger partial charge in [0.1, 0.15) is 5.60 Å². The van der Waals surface area contributed by atoms with Gasteiger partial charge in [-0.25, -0.2) is 14.8 Å². The molecule has 0 radical (unpaired) electrons. The third kappa shape index (κ3) is 5.37. The Balaban J connectivity index is 1.94. The maximum Gasteiger partial charge on any atom is 0.407 e. The van der Waals surface area contributed by atoms with Crippen LogP contribution in [0.1, 0.15) is 46.2 Å². The number of alkyl carbamates (subject to hydrolysis) is 1. The van der Waals surface area contributed by atoms with Gasteiger partial charge in [0.15, 0.2) is 0 Å². The van der Waals surface area contributed by atoms with Crippen LogP contribution in [0.25, 0.3) is 0 Å². The Kier molecular flexibility index (Phi) is 5.44. The maximum absolute atomic E-state index is 11.9. The fourth-order valence-corrected chi connectivity index (χ4v) is 2.80. The highest BCUT2D eigenvalue weighted by molar-refractivity contribution is 5.68. The van der Waals surface area contributed by atoms with Crippen LogP contribution < -0.4 is 10.2 Å². The van der Waals surface area contributed by atoms with Gasteiger partial charge in [-0.2, -0.15) is 0 Å². The van der Waals surface area contributed by atoms with Crippen LogP contribution in [0.3, 0.4) is 0 Å². The topological polar surface area (TPSA) is 67.4 Å². The number of carbonyl (C=O) groups excluding carboxylic acids is 1. The van der Waals surface area contributed by atoms with Gasteiger partial charge in [-0.1, -0.05) is 0 Å². The van der Waals surface area contributed by atoms with Crippen LogP contribution in [-0.4, -0.2) is 40.8 Å². The number of hydrogen-bond acceptors (Lipinski definition) is 5. The van der Waals surface area contributed by atoms with E-state index in [0.717, 1.165) is 37.6 Å². The smallest absolute Gasteiger partial charge is 0.407 e. The summed E-state index contributed by atoms with van der Waals surface area (Å²) in [5, 5.41) is 2.96. The molecule has 1 aliphatic rings. The largest absolute Gasteiger partial charge is 0.444 e. The summed E-state index contributed by atoms with van der Waals surface area (Å²) in [7, 11) is 0. The van der Waals surface area contributed by atoms with Crippen molar-refractivity contribution in [2.45, 2.75) is 59.1 Å². The van der Waals surface area contributed by atoms with Gasteiger partial charge in [0.2, 0.25) is 5.95 Å². The van der Waals surface area contributed by atoms with Crippen molar-refractivity contribution in [2.75, 3.05) is 18.0 Å². The molecule has 2 atom stereocenters. The Morgan fingerprint density at radius 1 is 1.48 bits per heavy atom. The van der Waals surface area contributed by atoms with E-state index < -0.39 is 5.60 Å². The highest BCUT2D eigenvalue weighted by Gasteiger charge is 2.28. The molecular formula is C17H28N4O2. The number of aryl methyl sites for hydroxylation is 1. The standard InChI is InChI=1S/C17H28N4O2/c1-12-8-9-18-15(19-12)21-10-6-7-14(11-21)13(2)20-16(22)23-17(3,4)5/h8-9,13-14H,6-7,10-11H2,1-5H3,(H,20,22)/t13-,14-/m1/s1. The Bertz CT molecular complexity index is 542. The molecule has 2 heterocycles. The number of piperidine rings is 1. The lowest BCUT2D eigenvalue weighted by Crippen LogP contribution is -2.47. The predicted molar refractivity (Wildman–Crippen MR) is 90.5 cm³/mol. The molecule has 0 saturated carbocycles. The normalized spacial score (nSPS) is 20.0. The average molecular weight is 320 g/mol. The molecule has 1 aliphatic heterocycles. The van der Waals surface area contributed by atoms with E-state index in [1.807, 2.05) is 40.7 Å². The lowest BCUT2D eigenvalue weighted by molar-refractivity contribution is 0.0489. The number of ether oxygens (including phenoxy) is 1. The number of nitrogens with zero attached hydrogens (tertiary/aromatic N) is 3.